The lowest BCUT2D eigenvalue weighted by atomic mass is 9.69. The average Bonchev–Trinajstić information content (AvgIpc) is 3.04. The van der Waals surface area contributed by atoms with Crippen LogP contribution in [0.1, 0.15) is 95.4 Å². The number of nitrogens with zero attached hydrogens (tertiary/aromatic N) is 2. The van der Waals surface area contributed by atoms with E-state index in [4.69, 9.17) is 28.4 Å². The standard InChI is InChI=1S/C37H68N2O12/c1-18-16-35(8,9)32(51-34-28(40)25(39(12)13)15-19(2)47-34)21(4)29(50-26-17-36(10,46-14)31(42)23(6)48-26)22(5)33(43)49-24(7)37(11,44)30(41)20(3)27(18)38-45/h18-26,28-32,34,40-42,44-45H,15-17H2,1-14H3/b38-27-/t18-,19?,20+,21+,22-,23?,24-,25?,26?,28?,29+,30-,31?,32-,34?,36?,37-/m1/s1. The minimum absolute atomic E-state index is 0.157. The van der Waals surface area contributed by atoms with Crippen molar-refractivity contribution >= 4 is 11.7 Å². The Morgan fingerprint density at radius 1 is 0.882 bits per heavy atom. The first-order valence-electron chi connectivity index (χ1n) is 18.5. The molecule has 0 aliphatic carbocycles. The predicted molar refractivity (Wildman–Crippen MR) is 189 cm³/mol. The van der Waals surface area contributed by atoms with Gasteiger partial charge in [-0.05, 0) is 79.8 Å². The van der Waals surface area contributed by atoms with E-state index in [1.165, 1.54) is 21.0 Å². The number of ether oxygens (including phenoxy) is 6. The molecule has 0 spiro atoms. The molecule has 5 N–H and O–H groups in total. The molecule has 0 bridgehead atoms. The largest absolute Gasteiger partial charge is 0.459 e. The number of esters is 1. The first-order valence-corrected chi connectivity index (χ1v) is 18.5. The van der Waals surface area contributed by atoms with Crippen LogP contribution in [0.4, 0.5) is 0 Å². The highest BCUT2D eigenvalue weighted by Crippen LogP contribution is 2.43. The second-order valence-electron chi connectivity index (χ2n) is 17.0. The Labute approximate surface area is 304 Å². The van der Waals surface area contributed by atoms with E-state index in [1.807, 2.05) is 53.6 Å². The molecule has 14 heteroatoms. The van der Waals surface area contributed by atoms with Crippen LogP contribution in [0.25, 0.3) is 0 Å². The molecule has 3 rings (SSSR count). The van der Waals surface area contributed by atoms with E-state index in [2.05, 4.69) is 5.16 Å². The van der Waals surface area contributed by atoms with Gasteiger partial charge in [-0.1, -0.05) is 39.8 Å². The van der Waals surface area contributed by atoms with Gasteiger partial charge in [0.2, 0.25) is 0 Å². The van der Waals surface area contributed by atoms with Crippen LogP contribution in [-0.4, -0.2) is 142 Å². The van der Waals surface area contributed by atoms with Gasteiger partial charge in [-0.15, -0.1) is 0 Å². The van der Waals surface area contributed by atoms with Gasteiger partial charge >= 0.3 is 5.97 Å². The molecular weight excluding hydrogens is 664 g/mol. The van der Waals surface area contributed by atoms with Crippen molar-refractivity contribution in [1.29, 1.82) is 0 Å². The number of oxime groups is 1. The molecule has 0 radical (unpaired) electrons. The van der Waals surface area contributed by atoms with E-state index in [0.717, 1.165) is 0 Å². The van der Waals surface area contributed by atoms with Gasteiger partial charge in [0.1, 0.15) is 23.9 Å². The molecule has 14 nitrogen and oxygen atoms in total. The maximum absolute atomic E-state index is 14.0. The highest BCUT2D eigenvalue weighted by atomic mass is 16.7. The monoisotopic (exact) mass is 732 g/mol. The number of carbonyl (C=O) groups excluding carboxylic acids is 1. The summed E-state index contributed by atoms with van der Waals surface area (Å²) in [6.45, 7) is 19.4. The number of carbonyl (C=O) groups is 1. The second kappa shape index (κ2) is 16.9. The SMILES string of the molecule is COC1(C)CC(O[C@H]2[C@H](C)[C@@H](OC3OC(C)CC(N(C)C)C3O)C(C)(C)C[C@@H](C)/C(=N/O)[C@H](C)[C@@H](O)[C@](C)(O)[C@@H](C)OC(=O)[C@@H]2C)OC(C)C1O. The number of methoxy groups -OCH3 is 1. The van der Waals surface area contributed by atoms with Gasteiger partial charge < -0.3 is 59.0 Å². The third-order valence-electron chi connectivity index (χ3n) is 12.1. The molecule has 3 saturated heterocycles. The van der Waals surface area contributed by atoms with Crippen molar-refractivity contribution in [2.75, 3.05) is 21.2 Å². The average molecular weight is 733 g/mol. The quantitative estimate of drug-likeness (QED) is 0.153. The Morgan fingerprint density at radius 3 is 2.04 bits per heavy atom. The summed E-state index contributed by atoms with van der Waals surface area (Å²) in [4.78, 5) is 16.0. The van der Waals surface area contributed by atoms with Crippen LogP contribution in [0.15, 0.2) is 5.16 Å². The van der Waals surface area contributed by atoms with Gasteiger partial charge in [0.25, 0.3) is 0 Å². The maximum atomic E-state index is 14.0. The molecule has 0 amide bonds. The van der Waals surface area contributed by atoms with Gasteiger partial charge in [-0.25, -0.2) is 0 Å². The number of hydrogen-bond donors (Lipinski definition) is 5. The van der Waals surface area contributed by atoms with Crippen molar-refractivity contribution in [2.45, 2.75) is 174 Å². The predicted octanol–water partition coefficient (Wildman–Crippen LogP) is 2.93. The Morgan fingerprint density at radius 2 is 1.49 bits per heavy atom. The minimum atomic E-state index is -1.91. The van der Waals surface area contributed by atoms with E-state index >= 15 is 0 Å². The second-order valence-corrected chi connectivity index (χ2v) is 17.0. The van der Waals surface area contributed by atoms with E-state index in [0.29, 0.717) is 12.8 Å². The Bertz CT molecular complexity index is 1180. The minimum Gasteiger partial charge on any atom is -0.459 e. The number of hydrogen-bond acceptors (Lipinski definition) is 14. The molecule has 298 valence electrons. The molecule has 0 aromatic rings. The first kappa shape index (κ1) is 43.9. The van der Waals surface area contributed by atoms with Crippen molar-refractivity contribution < 1.29 is 58.8 Å². The normalized spacial score (nSPS) is 48.6. The third kappa shape index (κ3) is 9.44. The van der Waals surface area contributed by atoms with Crippen LogP contribution in [-0.2, 0) is 33.2 Å². The molecule has 3 aliphatic rings. The zero-order chi connectivity index (χ0) is 39.0. The molecule has 3 heterocycles. The number of aliphatic hydroxyl groups excluding tert-OH is 3. The summed E-state index contributed by atoms with van der Waals surface area (Å²) in [6.07, 6.45) is -7.89. The summed E-state index contributed by atoms with van der Waals surface area (Å²) in [7, 11) is 5.31. The van der Waals surface area contributed by atoms with Crippen molar-refractivity contribution in [1.82, 2.24) is 4.90 Å². The Balaban J connectivity index is 2.19. The van der Waals surface area contributed by atoms with Crippen molar-refractivity contribution in [3.63, 3.8) is 0 Å². The van der Waals surface area contributed by atoms with Crippen LogP contribution in [0.3, 0.4) is 0 Å². The van der Waals surface area contributed by atoms with Crippen LogP contribution < -0.4 is 0 Å². The molecule has 3 fully saturated rings. The number of likely N-dealkylation sites (N-methyl/N-ethyl adjacent to an activating group) is 1. The summed E-state index contributed by atoms with van der Waals surface area (Å²) in [6, 6.07) is -0.240. The highest BCUT2D eigenvalue weighted by Gasteiger charge is 2.52. The zero-order valence-corrected chi connectivity index (χ0v) is 33.3. The summed E-state index contributed by atoms with van der Waals surface area (Å²) < 4.78 is 37.6. The van der Waals surface area contributed by atoms with Crippen LogP contribution in [0, 0.1) is 29.1 Å². The van der Waals surface area contributed by atoms with Crippen LogP contribution >= 0.6 is 0 Å². The van der Waals surface area contributed by atoms with Gasteiger partial charge in [0, 0.05) is 31.4 Å². The Kier molecular flexibility index (Phi) is 14.6. The fourth-order valence-electron chi connectivity index (χ4n) is 8.55. The van der Waals surface area contributed by atoms with Crippen molar-refractivity contribution in [3.05, 3.63) is 0 Å². The highest BCUT2D eigenvalue weighted by molar-refractivity contribution is 5.88. The summed E-state index contributed by atoms with van der Waals surface area (Å²) in [5, 5.41) is 59.3. The molecular formula is C37H68N2O12. The molecule has 3 aliphatic heterocycles. The molecule has 0 saturated carbocycles. The fraction of sp³-hybridized carbons (Fsp3) is 0.946. The molecule has 17 atom stereocenters. The van der Waals surface area contributed by atoms with Crippen LogP contribution in [0.5, 0.6) is 0 Å². The van der Waals surface area contributed by atoms with E-state index in [9.17, 15) is 30.4 Å². The smallest absolute Gasteiger partial charge is 0.311 e. The lowest BCUT2D eigenvalue weighted by molar-refractivity contribution is -0.313. The van der Waals surface area contributed by atoms with Gasteiger partial charge in [-0.3, -0.25) is 4.79 Å². The van der Waals surface area contributed by atoms with E-state index < -0.39 is 102 Å². The first-order chi connectivity index (χ1) is 23.4. The van der Waals surface area contributed by atoms with Crippen LogP contribution in [0.2, 0.25) is 0 Å². The summed E-state index contributed by atoms with van der Waals surface area (Å²) in [5.41, 5.74) is -3.42. The number of aliphatic hydroxyl groups is 4. The molecule has 8 unspecified atom stereocenters. The molecule has 0 aromatic carbocycles. The fourth-order valence-corrected chi connectivity index (χ4v) is 8.55. The number of rotatable bonds is 6. The zero-order valence-electron chi connectivity index (χ0n) is 33.3. The van der Waals surface area contributed by atoms with Crippen molar-refractivity contribution in [3.8, 4) is 0 Å². The van der Waals surface area contributed by atoms with Crippen molar-refractivity contribution in [2.24, 2.45) is 34.2 Å². The topological polar surface area (TPSA) is 189 Å². The summed E-state index contributed by atoms with van der Waals surface area (Å²) in [5.74, 6) is -3.46. The lowest BCUT2D eigenvalue weighted by Crippen LogP contribution is -2.59. The maximum Gasteiger partial charge on any atom is 0.311 e. The summed E-state index contributed by atoms with van der Waals surface area (Å²) >= 11 is 0. The lowest BCUT2D eigenvalue weighted by Gasteiger charge is -2.49. The van der Waals surface area contributed by atoms with Gasteiger partial charge in [0.15, 0.2) is 12.6 Å². The molecule has 0 aromatic heterocycles. The van der Waals surface area contributed by atoms with Gasteiger partial charge in [0.05, 0.1) is 47.8 Å². The number of cyclic esters (lactones) is 1. The Hall–Kier alpha value is -1.46. The van der Waals surface area contributed by atoms with E-state index in [-0.39, 0.29) is 24.3 Å². The van der Waals surface area contributed by atoms with Gasteiger partial charge in [-0.2, -0.15) is 0 Å². The van der Waals surface area contributed by atoms with E-state index in [1.54, 1.807) is 27.7 Å². The third-order valence-corrected chi connectivity index (χ3v) is 12.1. The molecule has 51 heavy (non-hydrogen) atoms.